The number of rotatable bonds is 3. The Hall–Kier alpha value is -3.12. The van der Waals surface area contributed by atoms with Gasteiger partial charge in [-0.2, -0.15) is 0 Å². The van der Waals surface area contributed by atoms with Crippen LogP contribution < -0.4 is 9.64 Å². The highest BCUT2D eigenvalue weighted by molar-refractivity contribution is 5.81. The number of carbonyl (C=O) groups excluding carboxylic acids is 1. The third-order valence-electron chi connectivity index (χ3n) is 8.24. The zero-order valence-corrected chi connectivity index (χ0v) is 22.6. The molecule has 0 unspecified atom stereocenters. The third-order valence-corrected chi connectivity index (χ3v) is 8.24. The predicted octanol–water partition coefficient (Wildman–Crippen LogP) is 5.15. The maximum atomic E-state index is 13.0. The number of para-hydroxylation sites is 2. The first-order chi connectivity index (χ1) is 17.9. The topological polar surface area (TPSA) is 48.9 Å². The van der Waals surface area contributed by atoms with Crippen LogP contribution in [0.15, 0.2) is 54.6 Å². The summed E-state index contributed by atoms with van der Waals surface area (Å²) in [5, 5.41) is 1.19. The Morgan fingerprint density at radius 2 is 1.76 bits per heavy atom. The second kappa shape index (κ2) is 11.1. The Labute approximate surface area is 221 Å². The molecule has 0 N–H and O–H groups in total. The average Bonchev–Trinajstić information content (AvgIpc) is 2.90. The lowest BCUT2D eigenvalue weighted by Gasteiger charge is -2.44. The number of nitrogens with zero attached hydrogens (tertiary/aromatic N) is 4. The molecule has 0 atom stereocenters. The van der Waals surface area contributed by atoms with Gasteiger partial charge in [-0.15, -0.1) is 0 Å². The molecule has 2 aliphatic rings. The molecular formula is C31H40N4O2. The molecular weight excluding hydrogens is 460 g/mol. The van der Waals surface area contributed by atoms with Gasteiger partial charge in [0.2, 0.25) is 0 Å². The number of benzene rings is 2. The smallest absolute Gasteiger partial charge is 0.260 e. The molecule has 0 radical (unpaired) electrons. The van der Waals surface area contributed by atoms with E-state index in [1.54, 1.807) is 0 Å². The van der Waals surface area contributed by atoms with Crippen LogP contribution in [0.5, 0.6) is 5.75 Å². The normalized spacial score (nSPS) is 19.1. The first-order valence-electron chi connectivity index (χ1n) is 13.7. The maximum absolute atomic E-state index is 13.0. The summed E-state index contributed by atoms with van der Waals surface area (Å²) in [5.74, 6) is 1.97. The van der Waals surface area contributed by atoms with E-state index in [2.05, 4.69) is 60.3 Å². The minimum atomic E-state index is 0.0649. The minimum absolute atomic E-state index is 0.0649. The number of hydrogen-bond donors (Lipinski definition) is 0. The molecule has 5 rings (SSSR count). The van der Waals surface area contributed by atoms with E-state index in [0.717, 1.165) is 68.9 Å². The summed E-state index contributed by atoms with van der Waals surface area (Å²) >= 11 is 0. The number of carbonyl (C=O) groups is 1. The van der Waals surface area contributed by atoms with Crippen molar-refractivity contribution in [1.82, 2.24) is 14.8 Å². The van der Waals surface area contributed by atoms with Gasteiger partial charge in [0.1, 0.15) is 11.6 Å². The largest absolute Gasteiger partial charge is 0.483 e. The van der Waals surface area contributed by atoms with Crippen LogP contribution in [0.2, 0.25) is 0 Å². The molecule has 6 heteroatoms. The van der Waals surface area contributed by atoms with E-state index in [4.69, 9.17) is 9.72 Å². The van der Waals surface area contributed by atoms with Gasteiger partial charge < -0.3 is 14.5 Å². The molecule has 2 aromatic carbocycles. The highest BCUT2D eigenvalue weighted by Gasteiger charge is 2.36. The van der Waals surface area contributed by atoms with E-state index in [-0.39, 0.29) is 17.9 Å². The molecule has 0 saturated carbocycles. The van der Waals surface area contributed by atoms with Crippen molar-refractivity contribution < 1.29 is 9.53 Å². The van der Waals surface area contributed by atoms with E-state index in [9.17, 15) is 4.79 Å². The van der Waals surface area contributed by atoms with Crippen LogP contribution in [-0.2, 0) is 17.8 Å². The van der Waals surface area contributed by atoms with Crippen molar-refractivity contribution >= 4 is 22.6 Å². The van der Waals surface area contributed by atoms with Crippen molar-refractivity contribution in [3.63, 3.8) is 0 Å². The average molecular weight is 501 g/mol. The first-order valence-corrected chi connectivity index (χ1v) is 13.7. The van der Waals surface area contributed by atoms with Crippen LogP contribution >= 0.6 is 0 Å². The zero-order chi connectivity index (χ0) is 25.8. The van der Waals surface area contributed by atoms with Crippen molar-refractivity contribution in [2.24, 2.45) is 5.41 Å². The van der Waals surface area contributed by atoms with E-state index >= 15 is 0 Å². The fourth-order valence-electron chi connectivity index (χ4n) is 6.07. The van der Waals surface area contributed by atoms with Crippen LogP contribution in [0, 0.1) is 5.41 Å². The summed E-state index contributed by atoms with van der Waals surface area (Å²) in [7, 11) is 6.10. The molecule has 1 saturated heterocycles. The number of fused-ring (bicyclic) bond motifs is 2. The fourth-order valence-corrected chi connectivity index (χ4v) is 6.07. The summed E-state index contributed by atoms with van der Waals surface area (Å²) in [6, 6.07) is 18.8. The van der Waals surface area contributed by atoms with E-state index in [0.29, 0.717) is 0 Å². The lowest BCUT2D eigenvalue weighted by atomic mass is 9.73. The quantitative estimate of drug-likeness (QED) is 0.498. The van der Waals surface area contributed by atoms with Crippen LogP contribution in [-0.4, -0.2) is 68.1 Å². The molecule has 2 aliphatic heterocycles. The van der Waals surface area contributed by atoms with Gasteiger partial charge in [-0.1, -0.05) is 42.8 Å². The lowest BCUT2D eigenvalue weighted by Crippen LogP contribution is -2.47. The third kappa shape index (κ3) is 5.90. The Morgan fingerprint density at radius 3 is 2.57 bits per heavy atom. The second-order valence-electron chi connectivity index (χ2n) is 11.2. The number of pyridine rings is 1. The van der Waals surface area contributed by atoms with Gasteiger partial charge in [0.15, 0.2) is 6.61 Å². The second-order valence-corrected chi connectivity index (χ2v) is 11.2. The minimum Gasteiger partial charge on any atom is -0.483 e. The number of likely N-dealkylation sites (tertiary alicyclic amines) is 1. The zero-order valence-electron chi connectivity index (χ0n) is 22.6. The highest BCUT2D eigenvalue weighted by Crippen LogP contribution is 2.39. The van der Waals surface area contributed by atoms with Gasteiger partial charge in [0.05, 0.1) is 5.52 Å². The summed E-state index contributed by atoms with van der Waals surface area (Å²) in [4.78, 5) is 24.5. The van der Waals surface area contributed by atoms with Gasteiger partial charge >= 0.3 is 0 Å². The Balaban J connectivity index is 1.28. The van der Waals surface area contributed by atoms with Gasteiger partial charge in [-0.05, 0) is 74.4 Å². The summed E-state index contributed by atoms with van der Waals surface area (Å²) in [5.41, 5.74) is 3.70. The van der Waals surface area contributed by atoms with Crippen LogP contribution in [0.1, 0.15) is 43.2 Å². The number of ether oxygens (including phenoxy) is 1. The van der Waals surface area contributed by atoms with Gasteiger partial charge in [0, 0.05) is 45.2 Å². The molecule has 6 nitrogen and oxygen atoms in total. The Kier molecular flexibility index (Phi) is 7.65. The predicted molar refractivity (Wildman–Crippen MR) is 150 cm³/mol. The fraction of sp³-hybridized carbons (Fsp3) is 0.484. The van der Waals surface area contributed by atoms with Crippen LogP contribution in [0.4, 0.5) is 5.82 Å². The van der Waals surface area contributed by atoms with Crippen molar-refractivity contribution in [3.8, 4) is 5.75 Å². The number of aryl methyl sites for hydroxylation is 1. The molecule has 1 fully saturated rings. The number of anilines is 1. The van der Waals surface area contributed by atoms with Gasteiger partial charge in [-0.3, -0.25) is 9.69 Å². The Bertz CT molecular complexity index is 1230. The van der Waals surface area contributed by atoms with E-state index < -0.39 is 0 Å². The van der Waals surface area contributed by atoms with Crippen LogP contribution in [0.3, 0.4) is 0 Å². The molecule has 0 aliphatic carbocycles. The molecule has 3 aromatic rings. The van der Waals surface area contributed by atoms with E-state index in [1.165, 1.54) is 29.4 Å². The highest BCUT2D eigenvalue weighted by atomic mass is 16.5. The van der Waals surface area contributed by atoms with Crippen molar-refractivity contribution in [1.29, 1.82) is 0 Å². The number of likely N-dealkylation sites (N-methyl/N-ethyl adjacent to an activating group) is 1. The van der Waals surface area contributed by atoms with Crippen LogP contribution in [0.25, 0.3) is 10.9 Å². The molecule has 3 heterocycles. The SMILES string of the molecule is CN1CC2(CCCCc3ccccc3OCC1=O)CCN(Cc1cc3ccccc3nc1N(C)C)CC2. The lowest BCUT2D eigenvalue weighted by molar-refractivity contribution is -0.134. The van der Waals surface area contributed by atoms with Gasteiger partial charge in [-0.25, -0.2) is 4.98 Å². The number of aromatic nitrogens is 1. The summed E-state index contributed by atoms with van der Waals surface area (Å²) < 4.78 is 5.95. The monoisotopic (exact) mass is 500 g/mol. The number of piperidine rings is 1. The molecule has 1 amide bonds. The van der Waals surface area contributed by atoms with Crippen molar-refractivity contribution in [2.75, 3.05) is 52.3 Å². The van der Waals surface area contributed by atoms with Gasteiger partial charge in [0.25, 0.3) is 5.91 Å². The maximum Gasteiger partial charge on any atom is 0.260 e. The van der Waals surface area contributed by atoms with Crippen molar-refractivity contribution in [2.45, 2.75) is 45.1 Å². The number of hydrogen-bond acceptors (Lipinski definition) is 5. The molecule has 37 heavy (non-hydrogen) atoms. The van der Waals surface area contributed by atoms with E-state index in [1.807, 2.05) is 30.1 Å². The summed E-state index contributed by atoms with van der Waals surface area (Å²) in [6.45, 7) is 3.91. The molecule has 1 aromatic heterocycles. The molecule has 0 bridgehead atoms. The molecule has 196 valence electrons. The first kappa shape index (κ1) is 25.5. The Morgan fingerprint density at radius 1 is 1.00 bits per heavy atom. The number of amides is 1. The van der Waals surface area contributed by atoms with Crippen molar-refractivity contribution in [3.05, 3.63) is 65.7 Å². The molecule has 1 spiro atoms. The standard InChI is InChI=1S/C31H40N4O2/c1-33(2)30-26(20-25-12-4-6-13-27(25)32-30)21-35-18-16-31(17-19-35)15-9-8-11-24-10-5-7-14-28(24)37-22-29(36)34(3)23-31/h4-7,10,12-14,20H,8-9,11,15-19,21-23H2,1-3H3. The summed E-state index contributed by atoms with van der Waals surface area (Å²) in [6.07, 6.45) is 6.72.